The first-order valence-corrected chi connectivity index (χ1v) is 8.13. The lowest BCUT2D eigenvalue weighted by atomic mass is 10.2. The standard InChI is InChI=1S/C17H14Cl3NO3/c1-10(16(22)21(2)11-6-4-3-5-7-11)24-17(23)14-12(18)8-9-13(19)15(14)20/h3-10H,1-2H3/t10-/m0/s1. The van der Waals surface area contributed by atoms with Crippen LogP contribution in [0.4, 0.5) is 5.69 Å². The summed E-state index contributed by atoms with van der Waals surface area (Å²) in [6, 6.07) is 11.9. The van der Waals surface area contributed by atoms with E-state index in [2.05, 4.69) is 0 Å². The minimum Gasteiger partial charge on any atom is -0.449 e. The van der Waals surface area contributed by atoms with Gasteiger partial charge in [0.2, 0.25) is 0 Å². The summed E-state index contributed by atoms with van der Waals surface area (Å²) in [7, 11) is 1.60. The summed E-state index contributed by atoms with van der Waals surface area (Å²) in [4.78, 5) is 26.1. The maximum absolute atomic E-state index is 12.4. The van der Waals surface area contributed by atoms with Crippen LogP contribution in [-0.4, -0.2) is 25.0 Å². The molecule has 126 valence electrons. The van der Waals surface area contributed by atoms with Gasteiger partial charge in [0.05, 0.1) is 20.6 Å². The van der Waals surface area contributed by atoms with E-state index in [0.29, 0.717) is 5.69 Å². The van der Waals surface area contributed by atoms with E-state index in [4.69, 9.17) is 39.5 Å². The van der Waals surface area contributed by atoms with Crippen molar-refractivity contribution in [3.8, 4) is 0 Å². The van der Waals surface area contributed by atoms with Gasteiger partial charge in [0.15, 0.2) is 6.10 Å². The molecule has 0 spiro atoms. The van der Waals surface area contributed by atoms with Gasteiger partial charge in [-0.25, -0.2) is 4.79 Å². The third-order valence-corrected chi connectivity index (χ3v) is 4.47. The Labute approximate surface area is 154 Å². The van der Waals surface area contributed by atoms with Crippen LogP contribution in [0, 0.1) is 0 Å². The highest BCUT2D eigenvalue weighted by Crippen LogP contribution is 2.32. The fourth-order valence-electron chi connectivity index (χ4n) is 2.04. The number of carbonyl (C=O) groups excluding carboxylic acids is 2. The molecule has 2 aromatic carbocycles. The van der Waals surface area contributed by atoms with Gasteiger partial charge >= 0.3 is 5.97 Å². The highest BCUT2D eigenvalue weighted by atomic mass is 35.5. The first-order valence-electron chi connectivity index (χ1n) is 7.00. The Bertz CT molecular complexity index is 765. The number of hydrogen-bond acceptors (Lipinski definition) is 3. The summed E-state index contributed by atoms with van der Waals surface area (Å²) in [5, 5.41) is 0.268. The summed E-state index contributed by atoms with van der Waals surface area (Å²) in [6.45, 7) is 1.48. The monoisotopic (exact) mass is 385 g/mol. The second kappa shape index (κ2) is 7.88. The SMILES string of the molecule is C[C@H](OC(=O)c1c(Cl)ccc(Cl)c1Cl)C(=O)N(C)c1ccccc1. The smallest absolute Gasteiger partial charge is 0.342 e. The van der Waals surface area contributed by atoms with E-state index in [1.165, 1.54) is 24.0 Å². The van der Waals surface area contributed by atoms with E-state index < -0.39 is 12.1 Å². The number of carbonyl (C=O) groups is 2. The molecule has 7 heteroatoms. The number of ether oxygens (including phenoxy) is 1. The van der Waals surface area contributed by atoms with Gasteiger partial charge in [-0.3, -0.25) is 4.79 Å². The molecule has 0 saturated heterocycles. The van der Waals surface area contributed by atoms with Gasteiger partial charge < -0.3 is 9.64 Å². The van der Waals surface area contributed by atoms with Crippen molar-refractivity contribution in [3.05, 3.63) is 63.1 Å². The number of anilines is 1. The van der Waals surface area contributed by atoms with E-state index in [9.17, 15) is 9.59 Å². The van der Waals surface area contributed by atoms with Crippen molar-refractivity contribution in [2.45, 2.75) is 13.0 Å². The molecule has 0 bridgehead atoms. The molecule has 0 radical (unpaired) electrons. The number of rotatable bonds is 4. The van der Waals surface area contributed by atoms with Gasteiger partial charge in [0.25, 0.3) is 5.91 Å². The molecule has 0 aromatic heterocycles. The third kappa shape index (κ3) is 4.01. The molecular formula is C17H14Cl3NO3. The lowest BCUT2D eigenvalue weighted by Gasteiger charge is -2.22. The van der Waals surface area contributed by atoms with Gasteiger partial charge in [-0.15, -0.1) is 0 Å². The Morgan fingerprint density at radius 1 is 1.00 bits per heavy atom. The Kier molecular flexibility index (Phi) is 6.10. The molecule has 24 heavy (non-hydrogen) atoms. The number of para-hydroxylation sites is 1. The molecule has 0 heterocycles. The van der Waals surface area contributed by atoms with Crippen LogP contribution >= 0.6 is 34.8 Å². The minimum absolute atomic E-state index is 0.00905. The summed E-state index contributed by atoms with van der Waals surface area (Å²) in [5.41, 5.74) is 0.622. The zero-order chi connectivity index (χ0) is 17.9. The minimum atomic E-state index is -1.02. The zero-order valence-corrected chi connectivity index (χ0v) is 15.2. The maximum atomic E-state index is 12.4. The van der Waals surface area contributed by atoms with Gasteiger partial charge in [0, 0.05) is 12.7 Å². The fraction of sp³-hybridized carbons (Fsp3) is 0.176. The number of benzene rings is 2. The number of nitrogens with zero attached hydrogens (tertiary/aromatic N) is 1. The molecule has 4 nitrogen and oxygen atoms in total. The molecule has 0 saturated carbocycles. The molecule has 0 N–H and O–H groups in total. The summed E-state index contributed by atoms with van der Waals surface area (Å²) < 4.78 is 5.20. The quantitative estimate of drug-likeness (QED) is 0.557. The second-order valence-electron chi connectivity index (χ2n) is 5.00. The van der Waals surface area contributed by atoms with Crippen molar-refractivity contribution < 1.29 is 14.3 Å². The van der Waals surface area contributed by atoms with Crippen LogP contribution in [-0.2, 0) is 9.53 Å². The average Bonchev–Trinajstić information content (AvgIpc) is 2.58. The lowest BCUT2D eigenvalue weighted by molar-refractivity contribution is -0.126. The van der Waals surface area contributed by atoms with E-state index in [-0.39, 0.29) is 26.5 Å². The molecule has 1 atom stereocenters. The number of esters is 1. The zero-order valence-electron chi connectivity index (χ0n) is 12.9. The molecule has 1 amide bonds. The Morgan fingerprint density at radius 2 is 1.58 bits per heavy atom. The largest absolute Gasteiger partial charge is 0.449 e. The van der Waals surface area contributed by atoms with Crippen LogP contribution in [0.15, 0.2) is 42.5 Å². The van der Waals surface area contributed by atoms with E-state index >= 15 is 0 Å². The predicted molar refractivity (Wildman–Crippen MR) is 96.2 cm³/mol. The van der Waals surface area contributed by atoms with Crippen LogP contribution in [0.1, 0.15) is 17.3 Å². The van der Waals surface area contributed by atoms with Gasteiger partial charge in [-0.05, 0) is 31.2 Å². The number of likely N-dealkylation sites (N-methyl/N-ethyl adjacent to an activating group) is 1. The van der Waals surface area contributed by atoms with Gasteiger partial charge in [-0.2, -0.15) is 0 Å². The molecule has 0 unspecified atom stereocenters. The molecule has 0 aliphatic rings. The Balaban J connectivity index is 2.15. The third-order valence-electron chi connectivity index (χ3n) is 3.35. The molecule has 2 rings (SSSR count). The van der Waals surface area contributed by atoms with Crippen LogP contribution in [0.2, 0.25) is 15.1 Å². The highest BCUT2D eigenvalue weighted by Gasteiger charge is 2.26. The Morgan fingerprint density at radius 3 is 2.21 bits per heavy atom. The van der Waals surface area contributed by atoms with E-state index in [0.717, 1.165) is 0 Å². The van der Waals surface area contributed by atoms with Crippen molar-refractivity contribution in [1.82, 2.24) is 0 Å². The average molecular weight is 387 g/mol. The first kappa shape index (κ1) is 18.6. The molecule has 0 aliphatic carbocycles. The molecular weight excluding hydrogens is 373 g/mol. The van der Waals surface area contributed by atoms with Crippen LogP contribution in [0.25, 0.3) is 0 Å². The van der Waals surface area contributed by atoms with E-state index in [1.54, 1.807) is 31.3 Å². The fourth-order valence-corrected chi connectivity index (χ4v) is 2.72. The van der Waals surface area contributed by atoms with Crippen LogP contribution < -0.4 is 4.90 Å². The first-order chi connectivity index (χ1) is 11.3. The van der Waals surface area contributed by atoms with Crippen molar-refractivity contribution in [1.29, 1.82) is 0 Å². The van der Waals surface area contributed by atoms with Gasteiger partial charge in [-0.1, -0.05) is 53.0 Å². The van der Waals surface area contributed by atoms with Crippen LogP contribution in [0.3, 0.4) is 0 Å². The summed E-state index contributed by atoms with van der Waals surface area (Å²) >= 11 is 17.9. The van der Waals surface area contributed by atoms with Crippen molar-refractivity contribution in [2.75, 3.05) is 11.9 Å². The molecule has 0 fully saturated rings. The lowest BCUT2D eigenvalue weighted by Crippen LogP contribution is -2.37. The number of amides is 1. The molecule has 2 aromatic rings. The van der Waals surface area contributed by atoms with Crippen LogP contribution in [0.5, 0.6) is 0 Å². The Hall–Kier alpha value is -1.75. The number of halogens is 3. The summed E-state index contributed by atoms with van der Waals surface area (Å²) in [5.74, 6) is -1.20. The van der Waals surface area contributed by atoms with E-state index in [1.807, 2.05) is 6.07 Å². The maximum Gasteiger partial charge on any atom is 0.342 e. The molecule has 0 aliphatic heterocycles. The van der Waals surface area contributed by atoms with Gasteiger partial charge in [0.1, 0.15) is 0 Å². The highest BCUT2D eigenvalue weighted by molar-refractivity contribution is 6.46. The predicted octanol–water partition coefficient (Wildman–Crippen LogP) is 4.86. The van der Waals surface area contributed by atoms with Crippen molar-refractivity contribution in [3.63, 3.8) is 0 Å². The topological polar surface area (TPSA) is 46.6 Å². The second-order valence-corrected chi connectivity index (χ2v) is 6.19. The summed E-state index contributed by atoms with van der Waals surface area (Å²) in [6.07, 6.45) is -1.02. The normalized spacial score (nSPS) is 11.7. The van der Waals surface area contributed by atoms with Crippen molar-refractivity contribution in [2.24, 2.45) is 0 Å². The number of hydrogen-bond donors (Lipinski definition) is 0. The van der Waals surface area contributed by atoms with Crippen molar-refractivity contribution >= 4 is 52.4 Å².